The van der Waals surface area contributed by atoms with Crippen LogP contribution in [0.4, 0.5) is 26.3 Å². The van der Waals surface area contributed by atoms with Gasteiger partial charge in [-0.05, 0) is 23.9 Å². The number of para-hydroxylation sites is 2. The summed E-state index contributed by atoms with van der Waals surface area (Å²) >= 11 is -0.612. The molecule has 1 atom stereocenters. The first-order valence-electron chi connectivity index (χ1n) is 4.99. The van der Waals surface area contributed by atoms with Gasteiger partial charge < -0.3 is 0 Å². The average molecular weight is 298 g/mol. The Hall–Kier alpha value is -1.38. The number of hydrogen-bond donors (Lipinski definition) is 0. The van der Waals surface area contributed by atoms with Crippen LogP contribution in [-0.4, -0.2) is 20.7 Å². The molecule has 1 aromatic carbocycles. The summed E-state index contributed by atoms with van der Waals surface area (Å²) in [5, 5.41) is -5.39. The molecule has 3 rings (SSSR count). The third kappa shape index (κ3) is 1.39. The van der Waals surface area contributed by atoms with Crippen LogP contribution in [0.1, 0.15) is 0 Å². The summed E-state index contributed by atoms with van der Waals surface area (Å²) in [5.41, 5.74) is -0.146. The van der Waals surface area contributed by atoms with Gasteiger partial charge in [-0.1, -0.05) is 12.1 Å². The minimum atomic E-state index is -5.71. The van der Waals surface area contributed by atoms with Gasteiger partial charge in [0, 0.05) is 0 Å². The van der Waals surface area contributed by atoms with Crippen molar-refractivity contribution < 1.29 is 26.3 Å². The summed E-state index contributed by atoms with van der Waals surface area (Å²) in [7, 11) is 0. The van der Waals surface area contributed by atoms with Gasteiger partial charge in [-0.15, -0.1) is 0 Å². The van der Waals surface area contributed by atoms with E-state index in [1.807, 2.05) is 0 Å². The lowest BCUT2D eigenvalue weighted by Gasteiger charge is -2.28. The fraction of sp³-hybridized carbons (Fsp3) is 0.300. The largest absolute Gasteiger partial charge is 0.441 e. The first kappa shape index (κ1) is 12.6. The molecule has 2 nitrogen and oxygen atoms in total. The minimum absolute atomic E-state index is 0.000486. The maximum Gasteiger partial charge on any atom is 0.441 e. The van der Waals surface area contributed by atoms with E-state index in [2.05, 4.69) is 4.98 Å². The monoisotopic (exact) mass is 298 g/mol. The Labute approximate surface area is 106 Å². The van der Waals surface area contributed by atoms with E-state index in [0.29, 0.717) is 0 Å². The van der Waals surface area contributed by atoms with E-state index in [9.17, 15) is 26.3 Å². The normalized spacial score (nSPS) is 25.8. The zero-order valence-electron chi connectivity index (χ0n) is 8.88. The number of thioether (sulfide) groups is 1. The van der Waals surface area contributed by atoms with E-state index < -0.39 is 34.1 Å². The van der Waals surface area contributed by atoms with E-state index in [0.717, 1.165) is 0 Å². The van der Waals surface area contributed by atoms with Crippen molar-refractivity contribution in [1.82, 2.24) is 9.55 Å². The Bertz CT molecular complexity index is 664. The quantitative estimate of drug-likeness (QED) is 0.686. The highest BCUT2D eigenvalue weighted by atomic mass is 32.2. The summed E-state index contributed by atoms with van der Waals surface area (Å²) in [4.78, 5) is 3.60. The highest BCUT2D eigenvalue weighted by molar-refractivity contribution is 8.00. The molecule has 0 N–H and O–H groups in total. The molecule has 0 saturated carbocycles. The second-order valence-electron chi connectivity index (χ2n) is 3.95. The number of hydrogen-bond acceptors (Lipinski definition) is 2. The van der Waals surface area contributed by atoms with Crippen LogP contribution >= 0.6 is 11.8 Å². The molecule has 0 spiro atoms. The van der Waals surface area contributed by atoms with E-state index in [1.54, 1.807) is 0 Å². The SMILES string of the molecule is FC(F)(F)C1(F)Sc2nc3ccccc3n2C1(F)F. The van der Waals surface area contributed by atoms with Gasteiger partial charge in [0.25, 0.3) is 0 Å². The van der Waals surface area contributed by atoms with Crippen molar-refractivity contribution in [2.24, 2.45) is 0 Å². The van der Waals surface area contributed by atoms with Crippen molar-refractivity contribution in [1.29, 1.82) is 0 Å². The van der Waals surface area contributed by atoms with Crippen LogP contribution in [0.5, 0.6) is 0 Å². The molecule has 0 bridgehead atoms. The van der Waals surface area contributed by atoms with Crippen molar-refractivity contribution >= 4 is 22.8 Å². The predicted molar refractivity (Wildman–Crippen MR) is 55.7 cm³/mol. The topological polar surface area (TPSA) is 17.8 Å². The number of benzene rings is 1. The van der Waals surface area contributed by atoms with Crippen molar-refractivity contribution in [3.05, 3.63) is 24.3 Å². The Kier molecular flexibility index (Phi) is 2.25. The van der Waals surface area contributed by atoms with Crippen molar-refractivity contribution in [2.45, 2.75) is 22.4 Å². The number of nitrogens with zero attached hydrogens (tertiary/aromatic N) is 2. The Balaban J connectivity index is 2.28. The Morgan fingerprint density at radius 3 is 2.37 bits per heavy atom. The molecule has 1 unspecified atom stereocenters. The van der Waals surface area contributed by atoms with Gasteiger partial charge in [0.2, 0.25) is 0 Å². The molecule has 1 aromatic heterocycles. The van der Waals surface area contributed by atoms with Gasteiger partial charge in [-0.2, -0.15) is 22.0 Å². The molecular formula is C10H4F6N2S. The molecule has 1 aliphatic heterocycles. The molecule has 0 aliphatic carbocycles. The van der Waals surface area contributed by atoms with Crippen molar-refractivity contribution in [2.75, 3.05) is 0 Å². The summed E-state index contributed by atoms with van der Waals surface area (Å²) in [5.74, 6) is 0. The predicted octanol–water partition coefficient (Wildman–Crippen LogP) is 3.92. The first-order chi connectivity index (χ1) is 8.68. The van der Waals surface area contributed by atoms with E-state index >= 15 is 0 Å². The van der Waals surface area contributed by atoms with Crippen LogP contribution in [0, 0.1) is 0 Å². The van der Waals surface area contributed by atoms with Gasteiger partial charge in [0.1, 0.15) is 0 Å². The number of halogens is 6. The molecule has 0 amide bonds. The number of imidazole rings is 1. The van der Waals surface area contributed by atoms with Crippen LogP contribution in [0.15, 0.2) is 29.4 Å². The molecule has 2 heterocycles. The summed E-state index contributed by atoms with van der Waals surface area (Å²) in [6.07, 6.45) is -5.71. The molecule has 102 valence electrons. The van der Waals surface area contributed by atoms with Crippen LogP contribution in [-0.2, 0) is 6.05 Å². The van der Waals surface area contributed by atoms with Gasteiger partial charge in [-0.3, -0.25) is 4.57 Å². The second-order valence-corrected chi connectivity index (χ2v) is 5.09. The maximum absolute atomic E-state index is 13.9. The van der Waals surface area contributed by atoms with E-state index in [-0.39, 0.29) is 15.6 Å². The van der Waals surface area contributed by atoms with Crippen LogP contribution in [0.3, 0.4) is 0 Å². The lowest BCUT2D eigenvalue weighted by molar-refractivity contribution is -0.285. The van der Waals surface area contributed by atoms with Crippen LogP contribution in [0.2, 0.25) is 0 Å². The van der Waals surface area contributed by atoms with E-state index in [1.165, 1.54) is 24.3 Å². The van der Waals surface area contributed by atoms with Crippen LogP contribution < -0.4 is 0 Å². The zero-order chi connectivity index (χ0) is 14.1. The fourth-order valence-electron chi connectivity index (χ4n) is 1.90. The maximum atomic E-state index is 13.9. The molecule has 0 saturated heterocycles. The lowest BCUT2D eigenvalue weighted by atomic mass is 10.2. The summed E-state index contributed by atoms with van der Waals surface area (Å²) in [6.45, 7) is 0. The highest BCUT2D eigenvalue weighted by Crippen LogP contribution is 2.62. The summed E-state index contributed by atoms with van der Waals surface area (Å²) in [6, 6.07) is 0.652. The molecule has 0 fully saturated rings. The lowest BCUT2D eigenvalue weighted by Crippen LogP contribution is -2.50. The fourth-order valence-corrected chi connectivity index (χ4v) is 2.93. The molecule has 9 heteroatoms. The van der Waals surface area contributed by atoms with Crippen LogP contribution in [0.25, 0.3) is 11.0 Å². The Morgan fingerprint density at radius 2 is 1.74 bits per heavy atom. The minimum Gasteiger partial charge on any atom is -0.254 e. The van der Waals surface area contributed by atoms with Gasteiger partial charge in [0.15, 0.2) is 5.16 Å². The molecular weight excluding hydrogens is 294 g/mol. The third-order valence-corrected chi connectivity index (χ3v) is 4.01. The first-order valence-corrected chi connectivity index (χ1v) is 5.80. The van der Waals surface area contributed by atoms with Gasteiger partial charge >= 0.3 is 17.2 Å². The smallest absolute Gasteiger partial charge is 0.254 e. The Morgan fingerprint density at radius 1 is 1.11 bits per heavy atom. The van der Waals surface area contributed by atoms with Crippen molar-refractivity contribution in [3.63, 3.8) is 0 Å². The van der Waals surface area contributed by atoms with Crippen molar-refractivity contribution in [3.8, 4) is 0 Å². The van der Waals surface area contributed by atoms with E-state index in [4.69, 9.17) is 0 Å². The number of aromatic nitrogens is 2. The number of fused-ring (bicyclic) bond motifs is 3. The third-order valence-electron chi connectivity index (χ3n) is 2.79. The highest BCUT2D eigenvalue weighted by Gasteiger charge is 2.77. The van der Waals surface area contributed by atoms with Gasteiger partial charge in [-0.25, -0.2) is 9.37 Å². The number of rotatable bonds is 0. The molecule has 19 heavy (non-hydrogen) atoms. The molecule has 1 aliphatic rings. The second kappa shape index (κ2) is 3.38. The zero-order valence-corrected chi connectivity index (χ0v) is 9.70. The number of alkyl halides is 6. The molecule has 0 radical (unpaired) electrons. The standard InChI is InChI=1S/C10H4F6N2S/c11-8(9(12,13)14)10(15,16)18-6-4-2-1-3-5(6)17-7(18)19-8/h1-4H. The summed E-state index contributed by atoms with van der Waals surface area (Å²) < 4.78 is 79.2. The average Bonchev–Trinajstić information content (AvgIpc) is 2.73. The molecule has 2 aromatic rings. The van der Waals surface area contributed by atoms with Gasteiger partial charge in [0.05, 0.1) is 11.0 Å².